The number of carbonyl (C=O) groups is 1. The van der Waals surface area contributed by atoms with Gasteiger partial charge in [-0.05, 0) is 41.3 Å². The van der Waals surface area contributed by atoms with E-state index in [2.05, 4.69) is 11.4 Å². The fourth-order valence-corrected chi connectivity index (χ4v) is 4.16. The molecule has 4 rings (SSSR count). The van der Waals surface area contributed by atoms with Gasteiger partial charge in [-0.1, -0.05) is 56.3 Å². The smallest absolute Gasteiger partial charge is 0.255 e. The summed E-state index contributed by atoms with van der Waals surface area (Å²) in [7, 11) is 4.71. The van der Waals surface area contributed by atoms with Crippen molar-refractivity contribution in [1.82, 2.24) is 5.32 Å². The Balaban J connectivity index is 1.74. The van der Waals surface area contributed by atoms with Crippen LogP contribution in [0.3, 0.4) is 0 Å². The third-order valence-corrected chi connectivity index (χ3v) is 6.09. The number of benzene rings is 3. The number of fused-ring (bicyclic) bond motifs is 1. The normalized spacial score (nSPS) is 11.3. The molecule has 1 heterocycles. The van der Waals surface area contributed by atoms with Crippen molar-refractivity contribution in [2.75, 3.05) is 27.9 Å². The lowest BCUT2D eigenvalue weighted by Crippen LogP contribution is -2.27. The van der Waals surface area contributed by atoms with Crippen LogP contribution >= 0.6 is 0 Å². The van der Waals surface area contributed by atoms with Gasteiger partial charge in [0.1, 0.15) is 5.76 Å². The summed E-state index contributed by atoms with van der Waals surface area (Å²) in [6, 6.07) is 20.6. The topological polar surface area (TPSA) is 93.7 Å². The first kappa shape index (κ1) is 26.4. The molecule has 4 aromatic rings. The van der Waals surface area contributed by atoms with Crippen LogP contribution in [0.1, 0.15) is 35.3 Å². The van der Waals surface area contributed by atoms with Crippen LogP contribution in [0.25, 0.3) is 33.9 Å². The molecule has 0 saturated carbocycles. The second kappa shape index (κ2) is 11.6. The van der Waals surface area contributed by atoms with Crippen LogP contribution in [0.5, 0.6) is 17.2 Å². The Kier molecular flexibility index (Phi) is 8.03. The number of para-hydroxylation sites is 1. The minimum atomic E-state index is -0.212. The van der Waals surface area contributed by atoms with Crippen molar-refractivity contribution in [3.63, 3.8) is 0 Å². The van der Waals surface area contributed by atoms with Gasteiger partial charge in [-0.15, -0.1) is 0 Å². The molecule has 0 saturated heterocycles. The molecule has 1 aromatic heterocycles. The largest absolute Gasteiger partial charge is 0.493 e. The Morgan fingerprint density at radius 2 is 1.68 bits per heavy atom. The van der Waals surface area contributed by atoms with E-state index in [0.29, 0.717) is 63.1 Å². The number of allylic oxidation sites excluding steroid dienone is 1. The Morgan fingerprint density at radius 1 is 0.974 bits per heavy atom. The summed E-state index contributed by atoms with van der Waals surface area (Å²) in [5.41, 5.74) is 3.68. The molecule has 3 aromatic carbocycles. The lowest BCUT2D eigenvalue weighted by Gasteiger charge is -2.09. The molecule has 38 heavy (non-hydrogen) atoms. The van der Waals surface area contributed by atoms with E-state index in [1.807, 2.05) is 62.4 Å². The van der Waals surface area contributed by atoms with Gasteiger partial charge in [-0.3, -0.25) is 4.79 Å². The standard InChI is InChI=1S/C31H30N2O5/c1-19(2)18-33-31(34)28-24-7-6-8-26(36-4)30(24)38-29(28)22-12-10-21(11-13-22)23(17-32)15-20-9-14-25(35-3)27(16-20)37-5/h6-16,19H,18H2,1-5H3,(H,33,34)/b23-15+. The zero-order valence-corrected chi connectivity index (χ0v) is 22.1. The lowest BCUT2D eigenvalue weighted by atomic mass is 9.99. The van der Waals surface area contributed by atoms with E-state index in [0.717, 1.165) is 11.1 Å². The van der Waals surface area contributed by atoms with Crippen molar-refractivity contribution < 1.29 is 23.4 Å². The zero-order valence-electron chi connectivity index (χ0n) is 22.1. The highest BCUT2D eigenvalue weighted by atomic mass is 16.5. The molecule has 0 atom stereocenters. The number of methoxy groups -OCH3 is 3. The highest BCUT2D eigenvalue weighted by Crippen LogP contribution is 2.38. The number of nitrogens with one attached hydrogen (secondary N) is 1. The zero-order chi connectivity index (χ0) is 27.2. The highest BCUT2D eigenvalue weighted by Gasteiger charge is 2.24. The van der Waals surface area contributed by atoms with Crippen LogP contribution in [0.4, 0.5) is 0 Å². The molecular formula is C31H30N2O5. The molecule has 0 aliphatic rings. The summed E-state index contributed by atoms with van der Waals surface area (Å²) in [6.45, 7) is 4.62. The molecule has 1 N–H and O–H groups in total. The van der Waals surface area contributed by atoms with Crippen LogP contribution in [0, 0.1) is 17.2 Å². The maximum atomic E-state index is 13.3. The number of hydrogen-bond donors (Lipinski definition) is 1. The van der Waals surface area contributed by atoms with Crippen LogP contribution in [-0.4, -0.2) is 33.8 Å². The molecule has 0 bridgehead atoms. The summed E-state index contributed by atoms with van der Waals surface area (Å²) in [6.07, 6.45) is 1.79. The van der Waals surface area contributed by atoms with Crippen molar-refractivity contribution in [3.8, 4) is 34.6 Å². The van der Waals surface area contributed by atoms with Crippen molar-refractivity contribution in [3.05, 3.63) is 77.4 Å². The SMILES string of the molecule is COc1ccc(/C=C(\C#N)c2ccc(-c3oc4c(OC)cccc4c3C(=O)NCC(C)C)cc2)cc1OC. The molecular weight excluding hydrogens is 480 g/mol. The second-order valence-corrected chi connectivity index (χ2v) is 9.11. The molecule has 0 radical (unpaired) electrons. The number of nitrogens with zero attached hydrogens (tertiary/aromatic N) is 1. The van der Waals surface area contributed by atoms with Crippen LogP contribution in [0.2, 0.25) is 0 Å². The number of hydrogen-bond acceptors (Lipinski definition) is 6. The van der Waals surface area contributed by atoms with E-state index < -0.39 is 0 Å². The highest BCUT2D eigenvalue weighted by molar-refractivity contribution is 6.12. The van der Waals surface area contributed by atoms with Crippen LogP contribution < -0.4 is 19.5 Å². The van der Waals surface area contributed by atoms with Crippen molar-refractivity contribution in [2.45, 2.75) is 13.8 Å². The first-order valence-corrected chi connectivity index (χ1v) is 12.2. The second-order valence-electron chi connectivity index (χ2n) is 9.11. The monoisotopic (exact) mass is 510 g/mol. The molecule has 0 unspecified atom stereocenters. The molecule has 7 nitrogen and oxygen atoms in total. The Labute approximate surface area is 222 Å². The number of carbonyl (C=O) groups excluding carboxylic acids is 1. The number of furan rings is 1. The van der Waals surface area contributed by atoms with Gasteiger partial charge in [0.25, 0.3) is 5.91 Å². The summed E-state index contributed by atoms with van der Waals surface area (Å²) < 4.78 is 22.4. The van der Waals surface area contributed by atoms with E-state index in [-0.39, 0.29) is 5.91 Å². The van der Waals surface area contributed by atoms with E-state index in [1.165, 1.54) is 0 Å². The minimum absolute atomic E-state index is 0.212. The molecule has 194 valence electrons. The third kappa shape index (κ3) is 5.35. The number of ether oxygens (including phenoxy) is 3. The molecule has 0 aliphatic carbocycles. The summed E-state index contributed by atoms with van der Waals surface area (Å²) >= 11 is 0. The first-order valence-electron chi connectivity index (χ1n) is 12.2. The molecule has 0 spiro atoms. The predicted molar refractivity (Wildman–Crippen MR) is 148 cm³/mol. The Bertz CT molecular complexity index is 1520. The quantitative estimate of drug-likeness (QED) is 0.202. The van der Waals surface area contributed by atoms with Crippen molar-refractivity contribution >= 4 is 28.5 Å². The summed E-state index contributed by atoms with van der Waals surface area (Å²) in [5.74, 6) is 2.28. The molecule has 0 fully saturated rings. The van der Waals surface area contributed by atoms with Gasteiger partial charge in [-0.2, -0.15) is 5.26 Å². The maximum Gasteiger partial charge on any atom is 0.255 e. The van der Waals surface area contributed by atoms with E-state index >= 15 is 0 Å². The van der Waals surface area contributed by atoms with Crippen molar-refractivity contribution in [2.24, 2.45) is 5.92 Å². The van der Waals surface area contributed by atoms with E-state index in [4.69, 9.17) is 18.6 Å². The summed E-state index contributed by atoms with van der Waals surface area (Å²) in [4.78, 5) is 13.3. The van der Waals surface area contributed by atoms with Gasteiger partial charge in [0.2, 0.25) is 0 Å². The lowest BCUT2D eigenvalue weighted by molar-refractivity contribution is 0.0950. The van der Waals surface area contributed by atoms with Gasteiger partial charge in [0, 0.05) is 17.5 Å². The van der Waals surface area contributed by atoms with Crippen LogP contribution in [0.15, 0.2) is 65.1 Å². The van der Waals surface area contributed by atoms with Crippen molar-refractivity contribution in [1.29, 1.82) is 5.26 Å². The minimum Gasteiger partial charge on any atom is -0.493 e. The predicted octanol–water partition coefficient (Wildman–Crippen LogP) is 6.58. The molecule has 0 aliphatic heterocycles. The fraction of sp³-hybridized carbons (Fsp3) is 0.226. The third-order valence-electron chi connectivity index (χ3n) is 6.09. The average molecular weight is 511 g/mol. The Morgan fingerprint density at radius 3 is 2.32 bits per heavy atom. The first-order chi connectivity index (χ1) is 18.4. The molecule has 7 heteroatoms. The van der Waals surface area contributed by atoms with E-state index in [1.54, 1.807) is 39.5 Å². The van der Waals surface area contributed by atoms with Gasteiger partial charge in [0.15, 0.2) is 22.8 Å². The number of amides is 1. The number of rotatable bonds is 9. The van der Waals surface area contributed by atoms with Gasteiger partial charge >= 0.3 is 0 Å². The maximum absolute atomic E-state index is 13.3. The van der Waals surface area contributed by atoms with Gasteiger partial charge in [-0.25, -0.2) is 0 Å². The van der Waals surface area contributed by atoms with Gasteiger partial charge < -0.3 is 23.9 Å². The number of nitriles is 1. The molecule has 1 amide bonds. The van der Waals surface area contributed by atoms with Gasteiger partial charge in [0.05, 0.1) is 38.5 Å². The fourth-order valence-electron chi connectivity index (χ4n) is 4.16. The summed E-state index contributed by atoms with van der Waals surface area (Å²) in [5, 5.41) is 13.5. The van der Waals surface area contributed by atoms with Crippen LogP contribution in [-0.2, 0) is 0 Å². The Hall–Kier alpha value is -4.70. The van der Waals surface area contributed by atoms with E-state index in [9.17, 15) is 10.1 Å². The average Bonchev–Trinajstić information content (AvgIpc) is 3.34.